The Hall–Kier alpha value is -3.64. The van der Waals surface area contributed by atoms with E-state index in [9.17, 15) is 9.59 Å². The molecule has 1 saturated carbocycles. The summed E-state index contributed by atoms with van der Waals surface area (Å²) >= 11 is 3.50. The summed E-state index contributed by atoms with van der Waals surface area (Å²) in [5.74, 6) is 0.322. The molecule has 40 heavy (non-hydrogen) atoms. The van der Waals surface area contributed by atoms with Gasteiger partial charge in [0.2, 0.25) is 5.91 Å². The number of benzene rings is 4. The highest BCUT2D eigenvalue weighted by molar-refractivity contribution is 9.10. The summed E-state index contributed by atoms with van der Waals surface area (Å²) in [7, 11) is 0. The third-order valence-corrected chi connectivity index (χ3v) is 8.12. The molecule has 0 heterocycles. The van der Waals surface area contributed by atoms with E-state index in [0.717, 1.165) is 52.1 Å². The zero-order chi connectivity index (χ0) is 27.7. The van der Waals surface area contributed by atoms with Gasteiger partial charge in [0.15, 0.2) is 6.61 Å². The first-order chi connectivity index (χ1) is 19.6. The summed E-state index contributed by atoms with van der Waals surface area (Å²) in [4.78, 5) is 29.6. The molecular weight excluding hydrogens is 564 g/mol. The van der Waals surface area contributed by atoms with Crippen LogP contribution in [0.4, 0.5) is 0 Å². The lowest BCUT2D eigenvalue weighted by Gasteiger charge is -2.33. The molecule has 4 aromatic carbocycles. The van der Waals surface area contributed by atoms with Crippen molar-refractivity contribution in [3.63, 3.8) is 0 Å². The van der Waals surface area contributed by atoms with Crippen molar-refractivity contribution < 1.29 is 14.3 Å². The Morgan fingerprint density at radius 3 is 2.30 bits per heavy atom. The average Bonchev–Trinajstić information content (AvgIpc) is 2.99. The van der Waals surface area contributed by atoms with Gasteiger partial charge in [0.1, 0.15) is 11.8 Å². The van der Waals surface area contributed by atoms with E-state index < -0.39 is 6.04 Å². The Bertz CT molecular complexity index is 1410. The van der Waals surface area contributed by atoms with Crippen molar-refractivity contribution in [3.05, 3.63) is 113 Å². The van der Waals surface area contributed by atoms with Crippen molar-refractivity contribution in [1.82, 2.24) is 10.2 Å². The van der Waals surface area contributed by atoms with E-state index in [4.69, 9.17) is 4.74 Å². The number of carbonyl (C=O) groups excluding carboxylic acids is 2. The molecule has 0 saturated heterocycles. The third-order valence-electron chi connectivity index (χ3n) is 7.59. The van der Waals surface area contributed by atoms with Crippen LogP contribution in [0.3, 0.4) is 0 Å². The fourth-order valence-electron chi connectivity index (χ4n) is 5.43. The van der Waals surface area contributed by atoms with Gasteiger partial charge in [0.25, 0.3) is 5.91 Å². The number of amides is 2. The zero-order valence-corrected chi connectivity index (χ0v) is 24.2. The van der Waals surface area contributed by atoms with Crippen molar-refractivity contribution in [2.24, 2.45) is 0 Å². The van der Waals surface area contributed by atoms with Crippen molar-refractivity contribution in [3.8, 4) is 5.75 Å². The second-order valence-electron chi connectivity index (χ2n) is 10.5. The van der Waals surface area contributed by atoms with Gasteiger partial charge in [-0.1, -0.05) is 114 Å². The lowest BCUT2D eigenvalue weighted by Crippen LogP contribution is -2.53. The highest BCUT2D eigenvalue weighted by Crippen LogP contribution is 2.26. The molecule has 2 amide bonds. The van der Waals surface area contributed by atoms with Crippen LogP contribution in [0, 0.1) is 0 Å². The Kier molecular flexibility index (Phi) is 9.50. The van der Waals surface area contributed by atoms with Crippen LogP contribution in [0.15, 0.2) is 102 Å². The van der Waals surface area contributed by atoms with Gasteiger partial charge in [-0.25, -0.2) is 0 Å². The standard InChI is InChI=1S/C34H35BrN2O3/c35-28-20-18-26(19-21-28)23-37(33(38)24-40-32-17-9-13-27-12-7-8-16-30(27)32)31(22-25-10-3-1-4-11-25)34(39)36-29-14-5-2-6-15-29/h1,3-4,7-13,16-21,29,31H,2,5-6,14-15,22-24H2,(H,36,39)/t31-/m0/s1. The van der Waals surface area contributed by atoms with Crippen molar-refractivity contribution in [2.45, 2.75) is 57.2 Å². The lowest BCUT2D eigenvalue weighted by molar-refractivity contribution is -0.143. The van der Waals surface area contributed by atoms with Crippen LogP contribution in [0.2, 0.25) is 0 Å². The smallest absolute Gasteiger partial charge is 0.261 e. The Morgan fingerprint density at radius 2 is 1.52 bits per heavy atom. The van der Waals surface area contributed by atoms with Crippen molar-refractivity contribution in [2.75, 3.05) is 6.61 Å². The molecular formula is C34H35BrN2O3. The first-order valence-corrected chi connectivity index (χ1v) is 14.8. The molecule has 0 aliphatic heterocycles. The molecule has 6 heteroatoms. The lowest BCUT2D eigenvalue weighted by atomic mass is 9.94. The molecule has 0 bridgehead atoms. The average molecular weight is 600 g/mol. The first-order valence-electron chi connectivity index (χ1n) is 14.1. The van der Waals surface area contributed by atoms with Gasteiger partial charge in [-0.05, 0) is 47.6 Å². The van der Waals surface area contributed by atoms with Crippen LogP contribution in [-0.2, 0) is 22.6 Å². The normalized spacial score (nSPS) is 14.4. The number of hydrogen-bond donors (Lipinski definition) is 1. The van der Waals surface area contributed by atoms with E-state index in [0.29, 0.717) is 18.7 Å². The van der Waals surface area contributed by atoms with Gasteiger partial charge in [-0.15, -0.1) is 0 Å². The Morgan fingerprint density at radius 1 is 0.825 bits per heavy atom. The molecule has 0 unspecified atom stereocenters. The largest absolute Gasteiger partial charge is 0.483 e. The van der Waals surface area contributed by atoms with Gasteiger partial charge < -0.3 is 15.0 Å². The van der Waals surface area contributed by atoms with Gasteiger partial charge in [0, 0.05) is 28.9 Å². The van der Waals surface area contributed by atoms with E-state index in [2.05, 4.69) is 21.2 Å². The molecule has 5 rings (SSSR count). The van der Waals surface area contributed by atoms with Crippen LogP contribution in [-0.4, -0.2) is 35.4 Å². The molecule has 1 aliphatic carbocycles. The number of halogens is 1. The highest BCUT2D eigenvalue weighted by Gasteiger charge is 2.32. The maximum atomic E-state index is 14.0. The summed E-state index contributed by atoms with van der Waals surface area (Å²) in [6.45, 7) is 0.146. The van der Waals surface area contributed by atoms with E-state index in [-0.39, 0.29) is 24.5 Å². The number of fused-ring (bicyclic) bond motifs is 1. The quantitative estimate of drug-likeness (QED) is 0.212. The number of nitrogens with zero attached hydrogens (tertiary/aromatic N) is 1. The minimum atomic E-state index is -0.670. The summed E-state index contributed by atoms with van der Waals surface area (Å²) in [5.41, 5.74) is 1.96. The number of carbonyl (C=O) groups is 2. The molecule has 0 aromatic heterocycles. The van der Waals surface area contributed by atoms with Gasteiger partial charge in [0.05, 0.1) is 0 Å². The second kappa shape index (κ2) is 13.6. The fraction of sp³-hybridized carbons (Fsp3) is 0.294. The number of ether oxygens (including phenoxy) is 1. The van der Waals surface area contributed by atoms with E-state index in [1.54, 1.807) is 4.90 Å². The van der Waals surface area contributed by atoms with Crippen LogP contribution >= 0.6 is 15.9 Å². The van der Waals surface area contributed by atoms with Crippen LogP contribution < -0.4 is 10.1 Å². The molecule has 1 atom stereocenters. The van der Waals surface area contributed by atoms with Gasteiger partial charge in [-0.2, -0.15) is 0 Å². The van der Waals surface area contributed by atoms with Crippen molar-refractivity contribution >= 4 is 38.5 Å². The summed E-state index contributed by atoms with van der Waals surface area (Å²) in [6.07, 6.45) is 5.84. The van der Waals surface area contributed by atoms with Gasteiger partial charge >= 0.3 is 0 Å². The highest BCUT2D eigenvalue weighted by atomic mass is 79.9. The molecule has 206 valence electrons. The van der Waals surface area contributed by atoms with Crippen LogP contribution in [0.25, 0.3) is 10.8 Å². The molecule has 1 fully saturated rings. The number of nitrogens with one attached hydrogen (secondary N) is 1. The molecule has 0 radical (unpaired) electrons. The number of hydrogen-bond acceptors (Lipinski definition) is 3. The Labute approximate surface area is 244 Å². The minimum Gasteiger partial charge on any atom is -0.483 e. The molecule has 1 aliphatic rings. The Balaban J connectivity index is 1.43. The molecule has 4 aromatic rings. The second-order valence-corrected chi connectivity index (χ2v) is 11.4. The minimum absolute atomic E-state index is 0.105. The fourth-order valence-corrected chi connectivity index (χ4v) is 5.69. The van der Waals surface area contributed by atoms with Crippen LogP contribution in [0.5, 0.6) is 5.75 Å². The van der Waals surface area contributed by atoms with E-state index in [1.807, 2.05) is 97.1 Å². The van der Waals surface area contributed by atoms with Crippen LogP contribution in [0.1, 0.15) is 43.2 Å². The summed E-state index contributed by atoms with van der Waals surface area (Å²) < 4.78 is 7.08. The SMILES string of the molecule is O=C(NC1CCCCC1)[C@H](Cc1ccccc1)N(Cc1ccc(Br)cc1)C(=O)COc1cccc2ccccc12. The predicted octanol–water partition coefficient (Wildman–Crippen LogP) is 7.07. The molecule has 1 N–H and O–H groups in total. The summed E-state index contributed by atoms with van der Waals surface area (Å²) in [6, 6.07) is 31.1. The zero-order valence-electron chi connectivity index (χ0n) is 22.6. The number of rotatable bonds is 10. The maximum absolute atomic E-state index is 14.0. The molecule has 5 nitrogen and oxygen atoms in total. The van der Waals surface area contributed by atoms with Crippen molar-refractivity contribution in [1.29, 1.82) is 0 Å². The maximum Gasteiger partial charge on any atom is 0.261 e. The topological polar surface area (TPSA) is 58.6 Å². The predicted molar refractivity (Wildman–Crippen MR) is 163 cm³/mol. The summed E-state index contributed by atoms with van der Waals surface area (Å²) in [5, 5.41) is 5.29. The third kappa shape index (κ3) is 7.30. The molecule has 0 spiro atoms. The monoisotopic (exact) mass is 598 g/mol. The van der Waals surface area contributed by atoms with E-state index >= 15 is 0 Å². The van der Waals surface area contributed by atoms with E-state index in [1.165, 1.54) is 6.42 Å². The van der Waals surface area contributed by atoms with Gasteiger partial charge in [-0.3, -0.25) is 9.59 Å². The first kappa shape index (κ1) is 27.9.